The molecule has 1 rings (SSSR count). The third kappa shape index (κ3) is 4.49. The van der Waals surface area contributed by atoms with E-state index in [9.17, 15) is 9.00 Å². The number of amides is 1. The molecule has 0 heterocycles. The molecule has 0 aromatic heterocycles. The predicted molar refractivity (Wildman–Crippen MR) is 77.0 cm³/mol. The Labute approximate surface area is 110 Å². The van der Waals surface area contributed by atoms with E-state index in [4.69, 9.17) is 5.73 Å². The quantitative estimate of drug-likeness (QED) is 0.776. The highest BCUT2D eigenvalue weighted by Gasteiger charge is 2.09. The summed E-state index contributed by atoms with van der Waals surface area (Å²) in [5.74, 6) is 0.409. The van der Waals surface area contributed by atoms with Crippen LogP contribution in [0.4, 0.5) is 11.4 Å². The molecule has 1 amide bonds. The molecule has 0 aliphatic carbocycles. The molecule has 5 heteroatoms. The number of nitrogens with one attached hydrogen (secondary N) is 1. The summed E-state index contributed by atoms with van der Waals surface area (Å²) in [6, 6.07) is 5.36. The third-order valence-electron chi connectivity index (χ3n) is 2.67. The summed E-state index contributed by atoms with van der Waals surface area (Å²) < 4.78 is 11.6. The largest absolute Gasteiger partial charge is 0.398 e. The molecule has 18 heavy (non-hydrogen) atoms. The fourth-order valence-electron chi connectivity index (χ4n) is 1.50. The van der Waals surface area contributed by atoms with Gasteiger partial charge in [0.2, 0.25) is 5.91 Å². The lowest BCUT2D eigenvalue weighted by atomic mass is 10.1. The summed E-state index contributed by atoms with van der Waals surface area (Å²) in [5.41, 5.74) is 7.92. The second kappa shape index (κ2) is 7.16. The first-order valence-corrected chi connectivity index (χ1v) is 7.53. The Morgan fingerprint density at radius 2 is 2.17 bits per heavy atom. The summed E-state index contributed by atoms with van der Waals surface area (Å²) in [4.78, 5) is 11.7. The van der Waals surface area contributed by atoms with Crippen LogP contribution < -0.4 is 11.1 Å². The van der Waals surface area contributed by atoms with Crippen molar-refractivity contribution in [2.24, 2.45) is 0 Å². The zero-order valence-electron chi connectivity index (χ0n) is 10.9. The number of carbonyl (C=O) groups excluding carboxylic acids is 1. The molecule has 1 aromatic rings. The van der Waals surface area contributed by atoms with Crippen LogP contribution in [0.5, 0.6) is 0 Å². The summed E-state index contributed by atoms with van der Waals surface area (Å²) in [6.07, 6.45) is 1.87. The van der Waals surface area contributed by atoms with E-state index in [1.165, 1.54) is 0 Å². The van der Waals surface area contributed by atoms with Gasteiger partial charge < -0.3 is 11.1 Å². The van der Waals surface area contributed by atoms with Gasteiger partial charge >= 0.3 is 0 Å². The van der Waals surface area contributed by atoms with Gasteiger partial charge in [-0.15, -0.1) is 0 Å². The van der Waals surface area contributed by atoms with Gasteiger partial charge in [-0.2, -0.15) is 0 Å². The smallest absolute Gasteiger partial charge is 0.236 e. The minimum absolute atomic E-state index is 0.0498. The van der Waals surface area contributed by atoms with Crippen LogP contribution in [0.25, 0.3) is 0 Å². The van der Waals surface area contributed by atoms with E-state index in [2.05, 4.69) is 5.32 Å². The number of anilines is 2. The van der Waals surface area contributed by atoms with Crippen molar-refractivity contribution >= 4 is 28.1 Å². The average Bonchev–Trinajstić information content (AvgIpc) is 2.32. The Hall–Kier alpha value is -1.36. The first kappa shape index (κ1) is 14.7. The molecule has 3 N–H and O–H groups in total. The van der Waals surface area contributed by atoms with Crippen molar-refractivity contribution in [2.75, 3.05) is 22.6 Å². The molecule has 0 spiro atoms. The van der Waals surface area contributed by atoms with Crippen molar-refractivity contribution < 1.29 is 9.00 Å². The first-order valence-electron chi connectivity index (χ1n) is 6.04. The van der Waals surface area contributed by atoms with Gasteiger partial charge in [-0.1, -0.05) is 19.4 Å². The van der Waals surface area contributed by atoms with Gasteiger partial charge in [0.1, 0.15) is 5.75 Å². The molecule has 0 aliphatic rings. The van der Waals surface area contributed by atoms with E-state index in [1.54, 1.807) is 18.2 Å². The van der Waals surface area contributed by atoms with Gasteiger partial charge in [0.15, 0.2) is 0 Å². The minimum Gasteiger partial charge on any atom is -0.398 e. The predicted octanol–water partition coefficient (Wildman–Crippen LogP) is 2.06. The van der Waals surface area contributed by atoms with E-state index in [-0.39, 0.29) is 11.7 Å². The maximum Gasteiger partial charge on any atom is 0.236 e. The maximum atomic E-state index is 11.7. The van der Waals surface area contributed by atoms with Crippen LogP contribution in [-0.4, -0.2) is 21.6 Å². The molecule has 0 radical (unpaired) electrons. The molecular weight excluding hydrogens is 248 g/mol. The molecule has 0 fully saturated rings. The molecule has 0 bridgehead atoms. The number of benzene rings is 1. The van der Waals surface area contributed by atoms with Gasteiger partial charge in [-0.05, 0) is 31.0 Å². The van der Waals surface area contributed by atoms with Crippen LogP contribution in [0.1, 0.15) is 25.3 Å². The number of nitrogen functional groups attached to an aromatic ring is 1. The Morgan fingerprint density at radius 1 is 1.44 bits per heavy atom. The van der Waals surface area contributed by atoms with Crippen molar-refractivity contribution in [3.05, 3.63) is 23.8 Å². The topological polar surface area (TPSA) is 72.2 Å². The zero-order valence-corrected chi connectivity index (χ0v) is 11.7. The van der Waals surface area contributed by atoms with E-state index in [1.807, 2.05) is 13.8 Å². The summed E-state index contributed by atoms with van der Waals surface area (Å²) in [5, 5.41) is 2.75. The normalized spacial score (nSPS) is 12.1. The van der Waals surface area contributed by atoms with Crippen molar-refractivity contribution in [2.45, 2.75) is 26.7 Å². The maximum absolute atomic E-state index is 11.7. The molecular formula is C13H20N2O2S. The third-order valence-corrected chi connectivity index (χ3v) is 4.00. The van der Waals surface area contributed by atoms with Crippen molar-refractivity contribution in [3.8, 4) is 0 Å². The molecule has 4 nitrogen and oxygen atoms in total. The molecule has 1 unspecified atom stereocenters. The Bertz CT molecular complexity index is 447. The highest BCUT2D eigenvalue weighted by molar-refractivity contribution is 7.85. The lowest BCUT2D eigenvalue weighted by molar-refractivity contribution is -0.113. The van der Waals surface area contributed by atoms with E-state index in [0.717, 1.165) is 18.4 Å². The SMILES string of the molecule is CCCCS(=O)CC(=O)Nc1cccc(N)c1C. The highest BCUT2D eigenvalue weighted by Crippen LogP contribution is 2.20. The Kier molecular flexibility index (Phi) is 5.85. The van der Waals surface area contributed by atoms with Crippen LogP contribution in [0, 0.1) is 6.92 Å². The van der Waals surface area contributed by atoms with Gasteiger partial charge in [0, 0.05) is 27.9 Å². The number of rotatable bonds is 6. The number of unbranched alkanes of at least 4 members (excludes halogenated alkanes) is 1. The van der Waals surface area contributed by atoms with E-state index < -0.39 is 10.8 Å². The van der Waals surface area contributed by atoms with Crippen LogP contribution in [-0.2, 0) is 15.6 Å². The van der Waals surface area contributed by atoms with Crippen LogP contribution in [0.15, 0.2) is 18.2 Å². The lowest BCUT2D eigenvalue weighted by Crippen LogP contribution is -2.21. The second-order valence-corrected chi connectivity index (χ2v) is 5.79. The van der Waals surface area contributed by atoms with E-state index in [0.29, 0.717) is 17.1 Å². The van der Waals surface area contributed by atoms with Crippen molar-refractivity contribution in [1.29, 1.82) is 0 Å². The second-order valence-electron chi connectivity index (χ2n) is 4.21. The minimum atomic E-state index is -1.08. The summed E-state index contributed by atoms with van der Waals surface area (Å²) in [7, 11) is -1.08. The van der Waals surface area contributed by atoms with Crippen LogP contribution in [0.2, 0.25) is 0 Å². The van der Waals surface area contributed by atoms with Gasteiger partial charge in [-0.3, -0.25) is 9.00 Å². The Balaban J connectivity index is 2.54. The standard InChI is InChI=1S/C13H20N2O2S/c1-3-4-8-18(17)9-13(16)15-12-7-5-6-11(14)10(12)2/h5-7H,3-4,8-9,14H2,1-2H3,(H,15,16). The highest BCUT2D eigenvalue weighted by atomic mass is 32.2. The number of hydrogen-bond acceptors (Lipinski definition) is 3. The summed E-state index contributed by atoms with van der Waals surface area (Å²) >= 11 is 0. The molecule has 100 valence electrons. The monoisotopic (exact) mass is 268 g/mol. The number of carbonyl (C=O) groups is 1. The van der Waals surface area contributed by atoms with Crippen molar-refractivity contribution in [1.82, 2.24) is 0 Å². The number of nitrogens with two attached hydrogens (primary N) is 1. The van der Waals surface area contributed by atoms with Gasteiger partial charge in [0.05, 0.1) is 0 Å². The van der Waals surface area contributed by atoms with E-state index >= 15 is 0 Å². The van der Waals surface area contributed by atoms with Gasteiger partial charge in [-0.25, -0.2) is 0 Å². The summed E-state index contributed by atoms with van der Waals surface area (Å²) in [6.45, 7) is 3.88. The molecule has 0 aliphatic heterocycles. The fraction of sp³-hybridized carbons (Fsp3) is 0.462. The van der Waals surface area contributed by atoms with Crippen molar-refractivity contribution in [3.63, 3.8) is 0 Å². The average molecular weight is 268 g/mol. The van der Waals surface area contributed by atoms with Gasteiger partial charge in [0.25, 0.3) is 0 Å². The molecule has 1 aromatic carbocycles. The molecule has 0 saturated carbocycles. The number of hydrogen-bond donors (Lipinski definition) is 2. The first-order chi connectivity index (χ1) is 8.54. The fourth-order valence-corrected chi connectivity index (χ4v) is 2.62. The molecule has 1 atom stereocenters. The van der Waals surface area contributed by atoms with Crippen LogP contribution in [0.3, 0.4) is 0 Å². The Morgan fingerprint density at radius 3 is 2.83 bits per heavy atom. The lowest BCUT2D eigenvalue weighted by Gasteiger charge is -2.09. The zero-order chi connectivity index (χ0) is 13.5. The molecule has 0 saturated heterocycles. The van der Waals surface area contributed by atoms with Crippen LogP contribution >= 0.6 is 0 Å².